The van der Waals surface area contributed by atoms with E-state index < -0.39 is 12.0 Å². The van der Waals surface area contributed by atoms with E-state index in [0.29, 0.717) is 26.3 Å². The van der Waals surface area contributed by atoms with Crippen molar-refractivity contribution in [3.63, 3.8) is 0 Å². The number of allylic oxidation sites excluding steroid dienone is 1. The van der Waals surface area contributed by atoms with Gasteiger partial charge < -0.3 is 9.30 Å². The van der Waals surface area contributed by atoms with E-state index in [2.05, 4.69) is 20.3 Å². The van der Waals surface area contributed by atoms with Crippen molar-refractivity contribution in [3.05, 3.63) is 115 Å². The van der Waals surface area contributed by atoms with Crippen molar-refractivity contribution >= 4 is 23.4 Å². The van der Waals surface area contributed by atoms with Gasteiger partial charge in [-0.2, -0.15) is 0 Å². The monoisotopic (exact) mass is 551 g/mol. The Bertz CT molecular complexity index is 1950. The molecular weight excluding hydrogens is 526 g/mol. The highest BCUT2D eigenvalue weighted by Gasteiger charge is 2.33. The van der Waals surface area contributed by atoms with Crippen LogP contribution in [0.3, 0.4) is 0 Å². The molecule has 11 heteroatoms. The summed E-state index contributed by atoms with van der Waals surface area (Å²) in [5.74, 6) is -0.479. The van der Waals surface area contributed by atoms with Gasteiger partial charge >= 0.3 is 5.97 Å². The minimum Gasteiger partial charge on any atom is -0.463 e. The number of aryl methyl sites for hydroxylation is 1. The largest absolute Gasteiger partial charge is 0.463 e. The van der Waals surface area contributed by atoms with Crippen LogP contribution in [-0.2, 0) is 16.6 Å². The summed E-state index contributed by atoms with van der Waals surface area (Å²) >= 11 is 1.28. The van der Waals surface area contributed by atoms with Crippen molar-refractivity contribution in [2.45, 2.75) is 19.9 Å². The Hall–Kier alpha value is -4.90. The number of imidazole rings is 1. The van der Waals surface area contributed by atoms with Crippen LogP contribution in [0, 0.1) is 0 Å². The maximum Gasteiger partial charge on any atom is 0.338 e. The Morgan fingerprint density at radius 2 is 1.90 bits per heavy atom. The summed E-state index contributed by atoms with van der Waals surface area (Å²) in [7, 11) is 1.90. The molecule has 0 bridgehead atoms. The zero-order chi connectivity index (χ0) is 27.8. The lowest BCUT2D eigenvalue weighted by atomic mass is 9.96. The van der Waals surface area contributed by atoms with Gasteiger partial charge in [0.05, 0.1) is 58.6 Å². The topological polar surface area (TPSA) is 109 Å². The van der Waals surface area contributed by atoms with Crippen LogP contribution < -0.4 is 14.9 Å². The molecule has 0 saturated carbocycles. The van der Waals surface area contributed by atoms with Gasteiger partial charge in [0.2, 0.25) is 0 Å². The lowest BCUT2D eigenvalue weighted by Crippen LogP contribution is -2.39. The molecule has 6 rings (SSSR count). The van der Waals surface area contributed by atoms with Crippen molar-refractivity contribution in [2.24, 2.45) is 12.0 Å². The van der Waals surface area contributed by atoms with E-state index in [-0.39, 0.29) is 12.2 Å². The van der Waals surface area contributed by atoms with Crippen LogP contribution in [0.25, 0.3) is 23.2 Å². The van der Waals surface area contributed by atoms with Crippen LogP contribution in [0.1, 0.15) is 31.0 Å². The molecule has 5 aromatic rings. The van der Waals surface area contributed by atoms with Gasteiger partial charge in [0.25, 0.3) is 5.56 Å². The highest BCUT2D eigenvalue weighted by atomic mass is 32.1. The first-order valence-electron chi connectivity index (χ1n) is 12.7. The van der Waals surface area contributed by atoms with Crippen molar-refractivity contribution in [3.8, 4) is 17.1 Å². The fourth-order valence-electron chi connectivity index (χ4n) is 4.80. The molecule has 0 aliphatic carbocycles. The Balaban J connectivity index is 1.49. The third-order valence-electron chi connectivity index (χ3n) is 6.68. The smallest absolute Gasteiger partial charge is 0.338 e. The standard InChI is InChI=1S/C29H25N7O3S/c1-4-39-28(38)25-18(2)31-29-36(26(25)19-10-6-5-7-11-19)27(37)24(40-29)14-20-12-8-9-13-22(20)35-16-21(32-33-35)23-15-30-17-34(23)3/h5-17,26H,4H2,1-3H3/b24-14-. The van der Waals surface area contributed by atoms with Crippen LogP contribution >= 0.6 is 11.3 Å². The Labute approximate surface area is 232 Å². The maximum absolute atomic E-state index is 13.9. The van der Waals surface area contributed by atoms with Gasteiger partial charge in [0.1, 0.15) is 5.69 Å². The molecule has 0 radical (unpaired) electrons. The minimum atomic E-state index is -0.648. The minimum absolute atomic E-state index is 0.225. The molecule has 1 aliphatic heterocycles. The molecule has 1 unspecified atom stereocenters. The lowest BCUT2D eigenvalue weighted by Gasteiger charge is -2.24. The molecule has 1 aliphatic rings. The molecule has 0 spiro atoms. The van der Waals surface area contributed by atoms with Crippen molar-refractivity contribution in [2.75, 3.05) is 6.61 Å². The number of rotatable bonds is 6. The number of ether oxygens (including phenoxy) is 1. The number of para-hydroxylation sites is 1. The summed E-state index contributed by atoms with van der Waals surface area (Å²) in [6.07, 6.45) is 7.10. The summed E-state index contributed by atoms with van der Waals surface area (Å²) < 4.78 is 11.0. The molecule has 0 amide bonds. The first-order chi connectivity index (χ1) is 19.5. The molecule has 0 fully saturated rings. The predicted octanol–water partition coefficient (Wildman–Crippen LogP) is 2.78. The van der Waals surface area contributed by atoms with E-state index >= 15 is 0 Å². The van der Waals surface area contributed by atoms with Crippen molar-refractivity contribution in [1.29, 1.82) is 0 Å². The van der Waals surface area contributed by atoms with E-state index in [1.54, 1.807) is 35.6 Å². The van der Waals surface area contributed by atoms with E-state index in [1.807, 2.05) is 78.5 Å². The zero-order valence-electron chi connectivity index (χ0n) is 22.1. The second kappa shape index (κ2) is 10.3. The first kappa shape index (κ1) is 25.4. The average Bonchev–Trinajstić information content (AvgIpc) is 3.68. The highest BCUT2D eigenvalue weighted by Crippen LogP contribution is 2.30. The summed E-state index contributed by atoms with van der Waals surface area (Å²) in [6.45, 7) is 3.76. The molecule has 10 nitrogen and oxygen atoms in total. The normalized spacial score (nSPS) is 15.2. The van der Waals surface area contributed by atoms with E-state index in [1.165, 1.54) is 11.3 Å². The molecule has 0 N–H and O–H groups in total. The Morgan fingerprint density at radius 3 is 2.65 bits per heavy atom. The number of benzene rings is 2. The fraction of sp³-hybridized carbons (Fsp3) is 0.172. The van der Waals surface area contributed by atoms with Crippen LogP contribution in [-0.4, -0.2) is 41.7 Å². The third kappa shape index (κ3) is 4.39. The third-order valence-corrected chi connectivity index (χ3v) is 7.66. The van der Waals surface area contributed by atoms with Gasteiger partial charge in [-0.3, -0.25) is 9.36 Å². The van der Waals surface area contributed by atoms with Gasteiger partial charge in [-0.05, 0) is 31.6 Å². The molecule has 0 saturated heterocycles. The molecule has 1 atom stereocenters. The fourth-order valence-corrected chi connectivity index (χ4v) is 5.84. The summed E-state index contributed by atoms with van der Waals surface area (Å²) in [5.41, 5.74) is 4.52. The number of nitrogens with zero attached hydrogens (tertiary/aromatic N) is 7. The van der Waals surface area contributed by atoms with Gasteiger partial charge in [0, 0.05) is 12.6 Å². The number of aromatic nitrogens is 6. The van der Waals surface area contributed by atoms with Gasteiger partial charge in [0.15, 0.2) is 4.80 Å². The summed E-state index contributed by atoms with van der Waals surface area (Å²) in [4.78, 5) is 36.3. The lowest BCUT2D eigenvalue weighted by molar-refractivity contribution is -0.139. The Morgan fingerprint density at radius 1 is 1.12 bits per heavy atom. The second-order valence-corrected chi connectivity index (χ2v) is 10.2. The quantitative estimate of drug-likeness (QED) is 0.300. The molecule has 2 aromatic carbocycles. The number of fused-ring (bicyclic) bond motifs is 1. The van der Waals surface area contributed by atoms with Crippen LogP contribution in [0.15, 0.2) is 94.4 Å². The molecule has 4 heterocycles. The molecule has 40 heavy (non-hydrogen) atoms. The van der Waals surface area contributed by atoms with Crippen LogP contribution in [0.2, 0.25) is 0 Å². The van der Waals surface area contributed by atoms with Crippen molar-refractivity contribution in [1.82, 2.24) is 29.1 Å². The highest BCUT2D eigenvalue weighted by molar-refractivity contribution is 7.07. The molecule has 200 valence electrons. The number of carbonyl (C=O) groups excluding carboxylic acids is 1. The van der Waals surface area contributed by atoms with Gasteiger partial charge in [-0.25, -0.2) is 19.5 Å². The number of hydrogen-bond acceptors (Lipinski definition) is 8. The predicted molar refractivity (Wildman–Crippen MR) is 150 cm³/mol. The van der Waals surface area contributed by atoms with Gasteiger partial charge in [-0.1, -0.05) is 65.1 Å². The average molecular weight is 552 g/mol. The molecular formula is C29H25N7O3S. The zero-order valence-corrected chi connectivity index (χ0v) is 22.9. The van der Waals surface area contributed by atoms with Crippen LogP contribution in [0.5, 0.6) is 0 Å². The maximum atomic E-state index is 13.9. The summed E-state index contributed by atoms with van der Waals surface area (Å²) in [6, 6.07) is 16.5. The van der Waals surface area contributed by atoms with Crippen LogP contribution in [0.4, 0.5) is 0 Å². The number of hydrogen-bond donors (Lipinski definition) is 0. The number of thiazole rings is 1. The number of esters is 1. The molecule has 3 aromatic heterocycles. The van der Waals surface area contributed by atoms with Gasteiger partial charge in [-0.15, -0.1) is 5.10 Å². The SMILES string of the molecule is CCOC(=O)C1=C(C)N=c2s/c(=C\c3ccccc3-n3cc(-c4cncn4C)nn3)c(=O)n2C1c1ccccc1. The van der Waals surface area contributed by atoms with E-state index in [9.17, 15) is 9.59 Å². The second-order valence-electron chi connectivity index (χ2n) is 9.21. The number of carbonyl (C=O) groups is 1. The summed E-state index contributed by atoms with van der Waals surface area (Å²) in [5, 5.41) is 8.65. The Kier molecular flexibility index (Phi) is 6.56. The van der Waals surface area contributed by atoms with E-state index in [0.717, 1.165) is 22.5 Å². The first-order valence-corrected chi connectivity index (χ1v) is 13.5. The van der Waals surface area contributed by atoms with Crippen molar-refractivity contribution < 1.29 is 9.53 Å². The van der Waals surface area contributed by atoms with E-state index in [4.69, 9.17) is 4.74 Å².